The fourth-order valence-electron chi connectivity index (χ4n) is 3.46. The molecule has 0 aliphatic heterocycles. The highest BCUT2D eigenvalue weighted by molar-refractivity contribution is 9.10. The molecule has 170 valence electrons. The molecule has 0 radical (unpaired) electrons. The Morgan fingerprint density at radius 2 is 1.82 bits per heavy atom. The molecule has 0 bridgehead atoms. The first-order valence-corrected chi connectivity index (χ1v) is 11.3. The largest absolute Gasteiger partial charge is 0.488 e. The zero-order chi connectivity index (χ0) is 23.5. The number of carbonyl (C=O) groups excluding carboxylic acids is 1. The van der Waals surface area contributed by atoms with E-state index in [1.165, 1.54) is 5.56 Å². The van der Waals surface area contributed by atoms with Crippen molar-refractivity contribution in [3.05, 3.63) is 92.4 Å². The summed E-state index contributed by atoms with van der Waals surface area (Å²) in [7, 11) is 0. The second-order valence-corrected chi connectivity index (χ2v) is 8.94. The summed E-state index contributed by atoms with van der Waals surface area (Å²) in [4.78, 5) is 13.0. The molecule has 0 aliphatic carbocycles. The molecule has 7 nitrogen and oxygen atoms in total. The van der Waals surface area contributed by atoms with Gasteiger partial charge in [-0.25, -0.2) is 0 Å². The Hall–Kier alpha value is -3.39. The summed E-state index contributed by atoms with van der Waals surface area (Å²) < 4.78 is 13.7. The van der Waals surface area contributed by atoms with Gasteiger partial charge in [0.25, 0.3) is 5.91 Å². The van der Waals surface area contributed by atoms with Crippen molar-refractivity contribution in [1.82, 2.24) is 14.9 Å². The number of halogens is 1. The van der Waals surface area contributed by atoms with Crippen molar-refractivity contribution < 1.29 is 14.1 Å². The van der Waals surface area contributed by atoms with Crippen LogP contribution < -0.4 is 10.1 Å². The van der Waals surface area contributed by atoms with Gasteiger partial charge in [-0.05, 0) is 60.8 Å². The number of nitrogens with zero attached hydrogens (tertiary/aromatic N) is 3. The van der Waals surface area contributed by atoms with Gasteiger partial charge < -0.3 is 14.6 Å². The summed E-state index contributed by atoms with van der Waals surface area (Å²) in [5.74, 6) is 1.29. The molecule has 1 N–H and O–H groups in total. The molecule has 33 heavy (non-hydrogen) atoms. The standard InChI is InChI=1S/C25H25BrN4O3/c1-15-5-8-19(9-6-15)12-30-13-21(26)24(28-30)27-25(31)23-20(18(4)33-29-23)14-32-22-10-7-16(2)11-17(22)3/h5-11,13H,12,14H2,1-4H3,(H,27,28,31). The molecule has 2 aromatic heterocycles. The van der Waals surface area contributed by atoms with E-state index in [1.807, 2.05) is 38.2 Å². The van der Waals surface area contributed by atoms with Crippen LogP contribution in [-0.2, 0) is 13.2 Å². The van der Waals surface area contributed by atoms with Gasteiger partial charge in [-0.15, -0.1) is 0 Å². The van der Waals surface area contributed by atoms with Gasteiger partial charge in [-0.2, -0.15) is 5.10 Å². The third-order valence-corrected chi connectivity index (χ3v) is 5.90. The Bertz CT molecular complexity index is 1290. The Morgan fingerprint density at radius 3 is 2.55 bits per heavy atom. The summed E-state index contributed by atoms with van der Waals surface area (Å²) in [5.41, 5.74) is 5.28. The van der Waals surface area contributed by atoms with Gasteiger partial charge in [0.1, 0.15) is 18.1 Å². The molecular formula is C25H25BrN4O3. The van der Waals surface area contributed by atoms with Crippen LogP contribution in [0.5, 0.6) is 5.75 Å². The Morgan fingerprint density at radius 1 is 1.09 bits per heavy atom. The van der Waals surface area contributed by atoms with Crippen LogP contribution >= 0.6 is 15.9 Å². The average molecular weight is 509 g/mol. The number of aromatic nitrogens is 3. The predicted octanol–water partition coefficient (Wildman–Crippen LogP) is 5.75. The number of anilines is 1. The van der Waals surface area contributed by atoms with Crippen LogP contribution in [0.4, 0.5) is 5.82 Å². The number of carbonyl (C=O) groups is 1. The van der Waals surface area contributed by atoms with Gasteiger partial charge in [0.2, 0.25) is 0 Å². The lowest BCUT2D eigenvalue weighted by Crippen LogP contribution is -2.16. The van der Waals surface area contributed by atoms with Gasteiger partial charge in [-0.3, -0.25) is 9.48 Å². The maximum Gasteiger partial charge on any atom is 0.279 e. The molecule has 0 unspecified atom stereocenters. The van der Waals surface area contributed by atoms with E-state index in [0.717, 1.165) is 22.4 Å². The monoisotopic (exact) mass is 508 g/mol. The maximum absolute atomic E-state index is 13.0. The van der Waals surface area contributed by atoms with Crippen molar-refractivity contribution in [2.45, 2.75) is 40.8 Å². The Labute approximate surface area is 200 Å². The molecule has 2 heterocycles. The van der Waals surface area contributed by atoms with Crippen molar-refractivity contribution >= 4 is 27.7 Å². The van der Waals surface area contributed by atoms with E-state index in [4.69, 9.17) is 9.26 Å². The van der Waals surface area contributed by atoms with Crippen LogP contribution in [0.3, 0.4) is 0 Å². The number of aryl methyl sites for hydroxylation is 4. The summed E-state index contributed by atoms with van der Waals surface area (Å²) in [5, 5.41) is 11.3. The van der Waals surface area contributed by atoms with Crippen LogP contribution in [0.2, 0.25) is 0 Å². The summed E-state index contributed by atoms with van der Waals surface area (Å²) in [6.45, 7) is 8.59. The van der Waals surface area contributed by atoms with Gasteiger partial charge in [-0.1, -0.05) is 52.7 Å². The number of benzene rings is 2. The number of hydrogen-bond donors (Lipinski definition) is 1. The normalized spacial score (nSPS) is 10.9. The van der Waals surface area contributed by atoms with E-state index in [1.54, 1.807) is 11.6 Å². The topological polar surface area (TPSA) is 82.2 Å². The average Bonchev–Trinajstić information content (AvgIpc) is 3.31. The molecule has 1 amide bonds. The molecule has 0 spiro atoms. The van der Waals surface area contributed by atoms with Gasteiger partial charge >= 0.3 is 0 Å². The van der Waals surface area contributed by atoms with Crippen molar-refractivity contribution in [3.63, 3.8) is 0 Å². The number of ether oxygens (including phenoxy) is 1. The predicted molar refractivity (Wildman–Crippen MR) is 130 cm³/mol. The minimum atomic E-state index is -0.410. The lowest BCUT2D eigenvalue weighted by atomic mass is 10.1. The molecule has 0 atom stereocenters. The lowest BCUT2D eigenvalue weighted by Gasteiger charge is -2.10. The minimum absolute atomic E-state index is 0.172. The molecular weight excluding hydrogens is 484 g/mol. The van der Waals surface area contributed by atoms with Gasteiger partial charge in [0, 0.05) is 6.20 Å². The highest BCUT2D eigenvalue weighted by Crippen LogP contribution is 2.25. The first-order valence-electron chi connectivity index (χ1n) is 10.5. The third kappa shape index (κ3) is 5.34. The van der Waals surface area contributed by atoms with Crippen molar-refractivity contribution in [3.8, 4) is 5.75 Å². The van der Waals surface area contributed by atoms with Crippen LogP contribution in [0.25, 0.3) is 0 Å². The van der Waals surface area contributed by atoms with Gasteiger partial charge in [0.15, 0.2) is 11.5 Å². The van der Waals surface area contributed by atoms with Crippen molar-refractivity contribution in [2.75, 3.05) is 5.32 Å². The van der Waals surface area contributed by atoms with Crippen LogP contribution in [-0.4, -0.2) is 20.8 Å². The quantitative estimate of drug-likeness (QED) is 0.343. The second-order valence-electron chi connectivity index (χ2n) is 8.09. The number of amides is 1. The fraction of sp³-hybridized carbons (Fsp3) is 0.240. The number of nitrogens with one attached hydrogen (secondary N) is 1. The molecule has 4 rings (SSSR count). The SMILES string of the molecule is Cc1ccc(Cn2cc(Br)c(NC(=O)c3noc(C)c3COc3ccc(C)cc3C)n2)cc1. The van der Waals surface area contributed by atoms with Crippen molar-refractivity contribution in [2.24, 2.45) is 0 Å². The first-order chi connectivity index (χ1) is 15.8. The Balaban J connectivity index is 1.47. The first kappa shape index (κ1) is 22.8. The summed E-state index contributed by atoms with van der Waals surface area (Å²) >= 11 is 3.48. The minimum Gasteiger partial charge on any atom is -0.488 e. The van der Waals surface area contributed by atoms with E-state index >= 15 is 0 Å². The van der Waals surface area contributed by atoms with E-state index in [-0.39, 0.29) is 12.3 Å². The lowest BCUT2D eigenvalue weighted by molar-refractivity contribution is 0.101. The third-order valence-electron chi connectivity index (χ3n) is 5.32. The number of hydrogen-bond acceptors (Lipinski definition) is 5. The Kier molecular flexibility index (Phi) is 6.65. The summed E-state index contributed by atoms with van der Waals surface area (Å²) in [6, 6.07) is 14.2. The van der Waals surface area contributed by atoms with Crippen LogP contribution in [0.1, 0.15) is 44.1 Å². The van der Waals surface area contributed by atoms with E-state index in [9.17, 15) is 4.79 Å². The zero-order valence-corrected chi connectivity index (χ0v) is 20.6. The number of rotatable bonds is 7. The highest BCUT2D eigenvalue weighted by atomic mass is 79.9. The van der Waals surface area contributed by atoms with E-state index in [0.29, 0.717) is 28.2 Å². The zero-order valence-electron chi connectivity index (χ0n) is 19.0. The molecule has 0 aliphatic rings. The van der Waals surface area contributed by atoms with E-state index < -0.39 is 5.91 Å². The van der Waals surface area contributed by atoms with E-state index in [2.05, 4.69) is 62.7 Å². The smallest absolute Gasteiger partial charge is 0.279 e. The van der Waals surface area contributed by atoms with Crippen molar-refractivity contribution in [1.29, 1.82) is 0 Å². The molecule has 0 fully saturated rings. The van der Waals surface area contributed by atoms with Gasteiger partial charge in [0.05, 0.1) is 16.6 Å². The highest BCUT2D eigenvalue weighted by Gasteiger charge is 2.22. The second kappa shape index (κ2) is 9.62. The molecule has 4 aromatic rings. The molecule has 2 aromatic carbocycles. The van der Waals surface area contributed by atoms with Crippen LogP contribution in [0, 0.1) is 27.7 Å². The fourth-order valence-corrected chi connectivity index (χ4v) is 3.88. The van der Waals surface area contributed by atoms with Crippen LogP contribution in [0.15, 0.2) is 57.7 Å². The summed E-state index contributed by atoms with van der Waals surface area (Å²) in [6.07, 6.45) is 1.83. The maximum atomic E-state index is 13.0. The molecule has 0 saturated heterocycles. The molecule has 0 saturated carbocycles. The molecule has 8 heteroatoms.